The maximum Gasteiger partial charge on any atom is 0.163 e. The van der Waals surface area contributed by atoms with Crippen LogP contribution in [0.2, 0.25) is 0 Å². The second kappa shape index (κ2) is 6.14. The van der Waals surface area contributed by atoms with E-state index in [2.05, 4.69) is 0 Å². The van der Waals surface area contributed by atoms with Crippen molar-refractivity contribution < 1.29 is 13.9 Å². The molecule has 0 saturated heterocycles. The summed E-state index contributed by atoms with van der Waals surface area (Å²) >= 11 is 0. The molecule has 0 radical (unpaired) electrons. The van der Waals surface area contributed by atoms with Crippen LogP contribution in [-0.4, -0.2) is 12.9 Å². The van der Waals surface area contributed by atoms with Crippen LogP contribution in [0, 0.1) is 5.82 Å². The topological polar surface area (TPSA) is 26.3 Å². The number of carbonyl (C=O) groups is 1. The van der Waals surface area contributed by atoms with Gasteiger partial charge < -0.3 is 4.74 Å². The summed E-state index contributed by atoms with van der Waals surface area (Å²) in [5, 5.41) is 0. The van der Waals surface area contributed by atoms with Crippen LogP contribution < -0.4 is 4.74 Å². The molecular formula is C16H15FO2. The average Bonchev–Trinajstić information content (AvgIpc) is 2.45. The molecule has 0 amide bonds. The molecule has 3 heteroatoms. The standard InChI is InChI=1S/C16H15FO2/c1-19-15-10-13(9-14(17)11-15)16(18)8-7-12-5-3-2-4-6-12/h2-6,9-11H,7-8H2,1H3. The Morgan fingerprint density at radius 3 is 2.58 bits per heavy atom. The van der Waals surface area contributed by atoms with Gasteiger partial charge in [-0.05, 0) is 24.1 Å². The van der Waals surface area contributed by atoms with Gasteiger partial charge in [0, 0.05) is 18.1 Å². The minimum atomic E-state index is -0.456. The maximum absolute atomic E-state index is 13.3. The number of aryl methyl sites for hydroxylation is 1. The molecule has 0 atom stereocenters. The van der Waals surface area contributed by atoms with E-state index in [0.29, 0.717) is 24.2 Å². The van der Waals surface area contributed by atoms with Gasteiger partial charge >= 0.3 is 0 Å². The van der Waals surface area contributed by atoms with E-state index >= 15 is 0 Å². The van der Waals surface area contributed by atoms with Crippen LogP contribution >= 0.6 is 0 Å². The average molecular weight is 258 g/mol. The van der Waals surface area contributed by atoms with Crippen molar-refractivity contribution in [2.75, 3.05) is 7.11 Å². The van der Waals surface area contributed by atoms with Crippen LogP contribution in [0.15, 0.2) is 48.5 Å². The molecule has 0 aromatic heterocycles. The number of ketones is 1. The fourth-order valence-electron chi connectivity index (χ4n) is 1.89. The molecule has 0 spiro atoms. The first-order valence-electron chi connectivity index (χ1n) is 6.11. The lowest BCUT2D eigenvalue weighted by molar-refractivity contribution is 0.0982. The van der Waals surface area contributed by atoms with E-state index in [1.165, 1.54) is 19.2 Å². The molecular weight excluding hydrogens is 243 g/mol. The highest BCUT2D eigenvalue weighted by atomic mass is 19.1. The van der Waals surface area contributed by atoms with E-state index < -0.39 is 5.82 Å². The quantitative estimate of drug-likeness (QED) is 0.765. The zero-order valence-corrected chi connectivity index (χ0v) is 10.7. The van der Waals surface area contributed by atoms with E-state index in [9.17, 15) is 9.18 Å². The Balaban J connectivity index is 2.06. The van der Waals surface area contributed by atoms with Gasteiger partial charge in [0.25, 0.3) is 0 Å². The van der Waals surface area contributed by atoms with Crippen molar-refractivity contribution in [2.45, 2.75) is 12.8 Å². The van der Waals surface area contributed by atoms with Crippen molar-refractivity contribution in [1.29, 1.82) is 0 Å². The third kappa shape index (κ3) is 3.65. The Labute approximate surface area is 111 Å². The summed E-state index contributed by atoms with van der Waals surface area (Å²) in [5.41, 5.74) is 1.45. The van der Waals surface area contributed by atoms with Crippen LogP contribution in [-0.2, 0) is 6.42 Å². The lowest BCUT2D eigenvalue weighted by atomic mass is 10.0. The van der Waals surface area contributed by atoms with E-state index in [-0.39, 0.29) is 5.78 Å². The van der Waals surface area contributed by atoms with Crippen LogP contribution in [0.25, 0.3) is 0 Å². The van der Waals surface area contributed by atoms with Crippen molar-refractivity contribution in [2.24, 2.45) is 0 Å². The van der Waals surface area contributed by atoms with Crippen molar-refractivity contribution in [3.8, 4) is 5.75 Å². The summed E-state index contributed by atoms with van der Waals surface area (Å²) in [7, 11) is 1.45. The van der Waals surface area contributed by atoms with Crippen LogP contribution in [0.3, 0.4) is 0 Å². The summed E-state index contributed by atoms with van der Waals surface area (Å²) in [5.74, 6) is -0.174. The van der Waals surface area contributed by atoms with Gasteiger partial charge in [0.05, 0.1) is 7.11 Å². The van der Waals surface area contributed by atoms with Gasteiger partial charge in [-0.2, -0.15) is 0 Å². The van der Waals surface area contributed by atoms with Gasteiger partial charge in [-0.15, -0.1) is 0 Å². The van der Waals surface area contributed by atoms with Crippen LogP contribution in [0.4, 0.5) is 4.39 Å². The monoisotopic (exact) mass is 258 g/mol. The smallest absolute Gasteiger partial charge is 0.163 e. The van der Waals surface area contributed by atoms with E-state index in [1.54, 1.807) is 6.07 Å². The molecule has 0 bridgehead atoms. The molecule has 2 nitrogen and oxygen atoms in total. The van der Waals surface area contributed by atoms with Crippen LogP contribution in [0.1, 0.15) is 22.3 Å². The second-order valence-corrected chi connectivity index (χ2v) is 4.29. The summed E-state index contributed by atoms with van der Waals surface area (Å²) < 4.78 is 18.3. The highest BCUT2D eigenvalue weighted by molar-refractivity contribution is 5.96. The zero-order valence-electron chi connectivity index (χ0n) is 10.7. The number of carbonyl (C=O) groups excluding carboxylic acids is 1. The van der Waals surface area contributed by atoms with Gasteiger partial charge in [0.2, 0.25) is 0 Å². The summed E-state index contributed by atoms with van der Waals surface area (Å²) in [4.78, 5) is 12.0. The fraction of sp³-hybridized carbons (Fsp3) is 0.188. The summed E-state index contributed by atoms with van der Waals surface area (Å²) in [6.45, 7) is 0. The number of halogens is 1. The Morgan fingerprint density at radius 1 is 1.16 bits per heavy atom. The summed E-state index contributed by atoms with van der Waals surface area (Å²) in [6, 6.07) is 13.8. The minimum Gasteiger partial charge on any atom is -0.497 e. The molecule has 0 heterocycles. The van der Waals surface area contributed by atoms with Gasteiger partial charge in [-0.1, -0.05) is 30.3 Å². The molecule has 0 unspecified atom stereocenters. The van der Waals surface area contributed by atoms with E-state index in [4.69, 9.17) is 4.74 Å². The number of methoxy groups -OCH3 is 1. The van der Waals surface area contributed by atoms with Gasteiger partial charge in [-0.3, -0.25) is 4.79 Å². The SMILES string of the molecule is COc1cc(F)cc(C(=O)CCc2ccccc2)c1. The highest BCUT2D eigenvalue weighted by Crippen LogP contribution is 2.18. The molecule has 0 saturated carbocycles. The molecule has 0 aliphatic heterocycles. The number of benzene rings is 2. The number of hydrogen-bond acceptors (Lipinski definition) is 2. The van der Waals surface area contributed by atoms with Crippen LogP contribution in [0.5, 0.6) is 5.75 Å². The van der Waals surface area contributed by atoms with Gasteiger partial charge in [0.15, 0.2) is 5.78 Å². The molecule has 0 fully saturated rings. The van der Waals surface area contributed by atoms with Crippen molar-refractivity contribution >= 4 is 5.78 Å². The molecule has 98 valence electrons. The Kier molecular flexibility index (Phi) is 4.29. The maximum atomic E-state index is 13.3. The first kappa shape index (κ1) is 13.3. The lowest BCUT2D eigenvalue weighted by Gasteiger charge is -2.05. The predicted molar refractivity (Wildman–Crippen MR) is 72.0 cm³/mol. The molecule has 19 heavy (non-hydrogen) atoms. The molecule has 2 rings (SSSR count). The number of Topliss-reactive ketones (excluding diaryl/α,β-unsaturated/α-hetero) is 1. The molecule has 0 aliphatic carbocycles. The fourth-order valence-corrected chi connectivity index (χ4v) is 1.89. The Hall–Kier alpha value is -2.16. The molecule has 2 aromatic carbocycles. The van der Waals surface area contributed by atoms with E-state index in [1.807, 2.05) is 30.3 Å². The second-order valence-electron chi connectivity index (χ2n) is 4.29. The Morgan fingerprint density at radius 2 is 1.89 bits per heavy atom. The molecule has 0 aliphatic rings. The minimum absolute atomic E-state index is 0.0818. The Bertz CT molecular complexity index is 564. The van der Waals surface area contributed by atoms with E-state index in [0.717, 1.165) is 5.56 Å². The largest absolute Gasteiger partial charge is 0.497 e. The predicted octanol–water partition coefficient (Wildman–Crippen LogP) is 3.65. The van der Waals surface area contributed by atoms with Gasteiger partial charge in [0.1, 0.15) is 11.6 Å². The van der Waals surface area contributed by atoms with Crippen molar-refractivity contribution in [3.05, 3.63) is 65.5 Å². The summed E-state index contributed by atoms with van der Waals surface area (Å²) in [6.07, 6.45) is 1.01. The van der Waals surface area contributed by atoms with Gasteiger partial charge in [-0.25, -0.2) is 4.39 Å². The first-order chi connectivity index (χ1) is 9.19. The zero-order chi connectivity index (χ0) is 13.7. The lowest BCUT2D eigenvalue weighted by Crippen LogP contribution is -2.02. The number of hydrogen-bond donors (Lipinski definition) is 0. The molecule has 2 aromatic rings. The third-order valence-corrected chi connectivity index (χ3v) is 2.91. The molecule has 0 N–H and O–H groups in total. The first-order valence-corrected chi connectivity index (χ1v) is 6.11. The highest BCUT2D eigenvalue weighted by Gasteiger charge is 2.09. The normalized spacial score (nSPS) is 10.2. The third-order valence-electron chi connectivity index (χ3n) is 2.91. The van der Waals surface area contributed by atoms with Crippen molar-refractivity contribution in [3.63, 3.8) is 0 Å². The number of ether oxygens (including phenoxy) is 1. The van der Waals surface area contributed by atoms with Crippen molar-refractivity contribution in [1.82, 2.24) is 0 Å². The number of rotatable bonds is 5.